The molecular formula is C41H56N4O15. The van der Waals surface area contributed by atoms with Crippen molar-refractivity contribution in [2.45, 2.75) is 96.4 Å². The Hall–Kier alpha value is -5.73. The van der Waals surface area contributed by atoms with Gasteiger partial charge in [-0.05, 0) is 43.2 Å². The summed E-state index contributed by atoms with van der Waals surface area (Å²) in [6.07, 6.45) is -9.64. The molecule has 0 bridgehead atoms. The number of benzene rings is 3. The molecule has 3 aromatic carbocycles. The van der Waals surface area contributed by atoms with Crippen LogP contribution < -0.4 is 35.3 Å². The fourth-order valence-electron chi connectivity index (χ4n) is 6.16. The van der Waals surface area contributed by atoms with Gasteiger partial charge in [-0.15, -0.1) is 0 Å². The maximum Gasteiger partial charge on any atom is 0.344 e. The zero-order chi connectivity index (χ0) is 44.3. The molecule has 0 saturated carbocycles. The summed E-state index contributed by atoms with van der Waals surface area (Å²) in [5.41, 5.74) is 7.02. The largest absolute Gasteiger partial charge is 0.504 e. The molecule has 0 radical (unpaired) electrons. The monoisotopic (exact) mass is 844 g/mol. The Morgan fingerprint density at radius 3 is 2.27 bits per heavy atom. The number of nitrogens with zero attached hydrogens (tertiary/aromatic N) is 1. The van der Waals surface area contributed by atoms with E-state index in [-0.39, 0.29) is 53.8 Å². The number of aromatic carboxylic acids is 1. The van der Waals surface area contributed by atoms with Crippen molar-refractivity contribution >= 4 is 23.6 Å². The average Bonchev–Trinajstić information content (AvgIpc) is 3.21. The first-order chi connectivity index (χ1) is 28.5. The summed E-state index contributed by atoms with van der Waals surface area (Å²) in [4.78, 5) is 29.6. The van der Waals surface area contributed by atoms with E-state index in [4.69, 9.17) is 34.2 Å². The van der Waals surface area contributed by atoms with Crippen molar-refractivity contribution in [3.63, 3.8) is 0 Å². The molecule has 1 aliphatic rings. The predicted octanol–water partition coefficient (Wildman–Crippen LogP) is 2.46. The Labute approximate surface area is 347 Å². The van der Waals surface area contributed by atoms with Gasteiger partial charge in [-0.25, -0.2) is 9.59 Å². The lowest BCUT2D eigenvalue weighted by Crippen LogP contribution is -2.62. The number of ether oxygens (including phenoxy) is 6. The summed E-state index contributed by atoms with van der Waals surface area (Å²) in [5, 5.41) is 81.5. The van der Waals surface area contributed by atoms with Crippen molar-refractivity contribution in [2.24, 2.45) is 16.6 Å². The molecule has 1 fully saturated rings. The second-order valence-electron chi connectivity index (χ2n) is 14.5. The molecule has 0 amide bonds. The first kappa shape index (κ1) is 47.0. The van der Waals surface area contributed by atoms with Gasteiger partial charge in [0.15, 0.2) is 41.8 Å². The summed E-state index contributed by atoms with van der Waals surface area (Å²) >= 11 is 0. The molecule has 19 heteroatoms. The molecule has 1 heterocycles. The summed E-state index contributed by atoms with van der Waals surface area (Å²) in [5.74, 6) is -4.96. The number of phenolic OH excluding ortho intramolecular Hbond substituents is 2. The summed E-state index contributed by atoms with van der Waals surface area (Å²) in [6.45, 7) is 7.64. The topological polar surface area (TPSA) is 294 Å². The fraction of sp³-hybridized carbons (Fsp3) is 0.488. The highest BCUT2D eigenvalue weighted by Gasteiger charge is 2.49. The lowest BCUT2D eigenvalue weighted by Gasteiger charge is -2.41. The van der Waals surface area contributed by atoms with Gasteiger partial charge in [0.05, 0.1) is 25.0 Å². The lowest BCUT2D eigenvalue weighted by molar-refractivity contribution is -0.309. The number of carboxylic acid groups (broad SMARTS) is 1. The number of rotatable bonds is 20. The SMILES string of the molecule is CCc1cccc(CCOc2c(O)c(OC)cc(C(=O)OC(O)C3OC(Oc4cc(NC(C)CCC(C)C)c(C(=O)O)cc4OCNC(N)=NC)C(O)C(O)C3O)c2O)c1. The van der Waals surface area contributed by atoms with E-state index < -0.39 is 71.7 Å². The first-order valence-electron chi connectivity index (χ1n) is 19.3. The van der Waals surface area contributed by atoms with Gasteiger partial charge in [-0.3, -0.25) is 4.99 Å². The van der Waals surface area contributed by atoms with Crippen molar-refractivity contribution < 1.29 is 73.8 Å². The zero-order valence-electron chi connectivity index (χ0n) is 34.3. The van der Waals surface area contributed by atoms with Crippen molar-refractivity contribution in [3.8, 4) is 34.5 Å². The molecule has 1 aliphatic heterocycles. The number of nitrogens with one attached hydrogen (secondary N) is 2. The molecule has 4 rings (SSSR count). The number of anilines is 1. The van der Waals surface area contributed by atoms with E-state index in [1.54, 1.807) is 0 Å². The van der Waals surface area contributed by atoms with Crippen molar-refractivity contribution in [2.75, 3.05) is 32.8 Å². The Kier molecular flexibility index (Phi) is 16.8. The highest BCUT2D eigenvalue weighted by atomic mass is 16.7. The van der Waals surface area contributed by atoms with Crippen molar-refractivity contribution in [3.05, 3.63) is 64.7 Å². The molecule has 0 aromatic heterocycles. The Balaban J connectivity index is 1.59. The first-order valence-corrected chi connectivity index (χ1v) is 19.3. The average molecular weight is 845 g/mol. The Morgan fingerprint density at radius 2 is 1.62 bits per heavy atom. The van der Waals surface area contributed by atoms with E-state index in [1.165, 1.54) is 20.2 Å². The maximum atomic E-state index is 13.4. The van der Waals surface area contributed by atoms with Gasteiger partial charge in [0.2, 0.25) is 24.1 Å². The van der Waals surface area contributed by atoms with E-state index in [1.807, 2.05) is 38.1 Å². The molecule has 0 spiro atoms. The quantitative estimate of drug-likeness (QED) is 0.0338. The highest BCUT2D eigenvalue weighted by Crippen LogP contribution is 2.46. The summed E-state index contributed by atoms with van der Waals surface area (Å²) in [6, 6.07) is 10.9. The number of nitrogens with two attached hydrogens (primary N) is 1. The van der Waals surface area contributed by atoms with Gasteiger partial charge in [0.25, 0.3) is 0 Å². The predicted molar refractivity (Wildman–Crippen MR) is 217 cm³/mol. The van der Waals surface area contributed by atoms with E-state index >= 15 is 0 Å². The number of phenols is 2. The third-order valence-electron chi connectivity index (χ3n) is 9.64. The van der Waals surface area contributed by atoms with Gasteiger partial charge in [0, 0.05) is 37.7 Å². The maximum absolute atomic E-state index is 13.4. The third kappa shape index (κ3) is 11.9. The Bertz CT molecular complexity index is 1960. The van der Waals surface area contributed by atoms with Gasteiger partial charge in [-0.1, -0.05) is 45.0 Å². The van der Waals surface area contributed by atoms with Crippen LogP contribution >= 0.6 is 0 Å². The number of aliphatic hydroxyl groups is 4. The third-order valence-corrected chi connectivity index (χ3v) is 9.64. The second-order valence-corrected chi connectivity index (χ2v) is 14.5. The number of hydrogen-bond acceptors (Lipinski definition) is 16. The van der Waals surface area contributed by atoms with Crippen LogP contribution in [0.5, 0.6) is 34.5 Å². The van der Waals surface area contributed by atoms with Crippen LogP contribution in [-0.4, -0.2) is 124 Å². The van der Waals surface area contributed by atoms with Crippen molar-refractivity contribution in [1.29, 1.82) is 0 Å². The number of aryl methyl sites for hydroxylation is 1. The number of carbonyl (C=O) groups is 2. The van der Waals surface area contributed by atoms with Crippen LogP contribution in [0.25, 0.3) is 0 Å². The van der Waals surface area contributed by atoms with Crippen LogP contribution in [0.3, 0.4) is 0 Å². The molecule has 1 saturated heterocycles. The molecule has 19 nitrogen and oxygen atoms in total. The minimum atomic E-state index is -2.38. The van der Waals surface area contributed by atoms with E-state index in [0.29, 0.717) is 18.8 Å². The fourth-order valence-corrected chi connectivity index (χ4v) is 6.16. The molecular weight excluding hydrogens is 788 g/mol. The van der Waals surface area contributed by atoms with E-state index in [2.05, 4.69) is 29.5 Å². The van der Waals surface area contributed by atoms with Crippen LogP contribution in [0.2, 0.25) is 0 Å². The molecule has 7 atom stereocenters. The van der Waals surface area contributed by atoms with Gasteiger partial charge < -0.3 is 80.5 Å². The number of carbonyl (C=O) groups excluding carboxylic acids is 1. The molecule has 3 aromatic rings. The second kappa shape index (κ2) is 21.5. The zero-order valence-corrected chi connectivity index (χ0v) is 34.3. The molecule has 330 valence electrons. The smallest absolute Gasteiger partial charge is 0.344 e. The van der Waals surface area contributed by atoms with Crippen LogP contribution in [0, 0.1) is 5.92 Å². The lowest BCUT2D eigenvalue weighted by atomic mass is 9.98. The van der Waals surface area contributed by atoms with Crippen LogP contribution in [0.15, 0.2) is 47.5 Å². The number of methoxy groups -OCH3 is 1. The van der Waals surface area contributed by atoms with Crippen LogP contribution in [-0.2, 0) is 22.3 Å². The van der Waals surface area contributed by atoms with E-state index in [9.17, 15) is 45.3 Å². The molecule has 0 aliphatic carbocycles. The Morgan fingerprint density at radius 1 is 0.917 bits per heavy atom. The van der Waals surface area contributed by atoms with Gasteiger partial charge in [-0.2, -0.15) is 0 Å². The minimum Gasteiger partial charge on any atom is -0.504 e. The van der Waals surface area contributed by atoms with Gasteiger partial charge in [0.1, 0.15) is 23.9 Å². The number of aliphatic hydroxyl groups excluding tert-OH is 4. The molecule has 60 heavy (non-hydrogen) atoms. The molecule has 7 unspecified atom stereocenters. The number of aliphatic imine (C=N–C) groups is 1. The molecule has 11 N–H and O–H groups in total. The highest BCUT2D eigenvalue weighted by molar-refractivity contribution is 5.96. The normalized spacial score (nSPS) is 20.2. The number of esters is 1. The summed E-state index contributed by atoms with van der Waals surface area (Å²) in [7, 11) is 2.62. The van der Waals surface area contributed by atoms with Gasteiger partial charge >= 0.3 is 11.9 Å². The summed E-state index contributed by atoms with van der Waals surface area (Å²) < 4.78 is 33.4. The number of hydrogen-bond donors (Lipinski definition) is 10. The van der Waals surface area contributed by atoms with E-state index in [0.717, 1.165) is 36.1 Å². The number of guanidine groups is 1. The standard InChI is InChI=1S/C41H56N4O15/c1-7-22-9-8-10-23(15-22)13-14-56-35-30(46)25(17-29(55-6)31(35)47)38(53)60-39(54)36-33(49)32(48)34(50)40(59-36)58-28-18-26(45-21(4)12-11-20(2)3)24(37(51)52)16-27(28)57-19-44-41(42)43-5/h8-10,15-18,20-21,32-34,36,39-40,45-50,54H,7,11-14,19H2,1-6H3,(H,51,52)(H3,42,43,44). The minimum absolute atomic E-state index is 0.000882. The number of aromatic hydroxyl groups is 2. The van der Waals surface area contributed by atoms with Crippen LogP contribution in [0.4, 0.5) is 5.69 Å². The van der Waals surface area contributed by atoms with Crippen LogP contribution in [0.1, 0.15) is 72.4 Å². The van der Waals surface area contributed by atoms with Crippen molar-refractivity contribution in [1.82, 2.24) is 5.32 Å². The number of carboxylic acids is 1.